The zero-order valence-corrected chi connectivity index (χ0v) is 11.4. The maximum absolute atomic E-state index is 12.0. The molecule has 0 fully saturated rings. The largest absolute Gasteiger partial charge is 0.493 e. The molecule has 0 heterocycles. The summed E-state index contributed by atoms with van der Waals surface area (Å²) < 4.78 is 10.3. The minimum atomic E-state index is -0.590. The molecule has 0 amide bonds. The molecule has 0 unspecified atom stereocenters. The van der Waals surface area contributed by atoms with Crippen molar-refractivity contribution in [3.8, 4) is 11.5 Å². The number of aldehydes is 1. The maximum atomic E-state index is 12.0. The molecule has 20 heavy (non-hydrogen) atoms. The van der Waals surface area contributed by atoms with Crippen LogP contribution in [0.25, 0.3) is 0 Å². The average molecular weight is 291 g/mol. The Morgan fingerprint density at radius 2 is 1.90 bits per heavy atom. The number of rotatable bonds is 4. The number of carbonyl (C=O) groups is 2. The van der Waals surface area contributed by atoms with E-state index in [-0.39, 0.29) is 11.3 Å². The number of halogens is 1. The molecule has 0 atom stereocenters. The summed E-state index contributed by atoms with van der Waals surface area (Å²) in [6, 6.07) is 11.1. The highest BCUT2D eigenvalue weighted by Crippen LogP contribution is 2.29. The van der Waals surface area contributed by atoms with Crippen LogP contribution in [0, 0.1) is 0 Å². The van der Waals surface area contributed by atoms with Crippen LogP contribution in [0.4, 0.5) is 0 Å². The molecule has 4 nitrogen and oxygen atoms in total. The number of hydrogen-bond donors (Lipinski definition) is 0. The molecule has 0 saturated heterocycles. The Morgan fingerprint density at radius 3 is 2.55 bits per heavy atom. The molecular formula is C15H11ClO4. The Kier molecular flexibility index (Phi) is 4.38. The van der Waals surface area contributed by atoms with Gasteiger partial charge < -0.3 is 9.47 Å². The van der Waals surface area contributed by atoms with Crippen LogP contribution >= 0.6 is 11.6 Å². The van der Waals surface area contributed by atoms with Gasteiger partial charge in [-0.25, -0.2) is 4.79 Å². The van der Waals surface area contributed by atoms with E-state index in [4.69, 9.17) is 21.1 Å². The van der Waals surface area contributed by atoms with Crippen molar-refractivity contribution in [3.05, 3.63) is 58.6 Å². The molecule has 0 aliphatic heterocycles. The van der Waals surface area contributed by atoms with Gasteiger partial charge in [0, 0.05) is 5.56 Å². The summed E-state index contributed by atoms with van der Waals surface area (Å²) in [6.07, 6.45) is 0.683. The smallest absolute Gasteiger partial charge is 0.345 e. The van der Waals surface area contributed by atoms with Gasteiger partial charge in [0.05, 0.1) is 17.7 Å². The first-order valence-corrected chi connectivity index (χ1v) is 6.13. The van der Waals surface area contributed by atoms with Crippen LogP contribution in [0.1, 0.15) is 20.7 Å². The third kappa shape index (κ3) is 2.97. The van der Waals surface area contributed by atoms with E-state index < -0.39 is 5.97 Å². The van der Waals surface area contributed by atoms with Crippen molar-refractivity contribution >= 4 is 23.9 Å². The van der Waals surface area contributed by atoms with E-state index in [0.717, 1.165) is 0 Å². The third-order valence-corrected chi connectivity index (χ3v) is 2.95. The monoisotopic (exact) mass is 290 g/mol. The maximum Gasteiger partial charge on any atom is 0.345 e. The molecule has 0 saturated carbocycles. The molecule has 0 N–H and O–H groups in total. The summed E-state index contributed by atoms with van der Waals surface area (Å²) in [5.41, 5.74) is 0.690. The summed E-state index contributed by atoms with van der Waals surface area (Å²) in [5.74, 6) is -0.0641. The summed E-state index contributed by atoms with van der Waals surface area (Å²) >= 11 is 5.93. The fourth-order valence-electron chi connectivity index (χ4n) is 1.62. The van der Waals surface area contributed by atoms with E-state index in [1.54, 1.807) is 24.3 Å². The minimum absolute atomic E-state index is 0.225. The lowest BCUT2D eigenvalue weighted by Gasteiger charge is -2.10. The van der Waals surface area contributed by atoms with Crippen LogP contribution < -0.4 is 9.47 Å². The average Bonchev–Trinajstić information content (AvgIpc) is 2.48. The lowest BCUT2D eigenvalue weighted by Crippen LogP contribution is -2.10. The van der Waals surface area contributed by atoms with Crippen LogP contribution in [0.3, 0.4) is 0 Å². The van der Waals surface area contributed by atoms with Gasteiger partial charge >= 0.3 is 5.97 Å². The van der Waals surface area contributed by atoms with E-state index in [1.165, 1.54) is 25.3 Å². The van der Waals surface area contributed by atoms with Gasteiger partial charge in [-0.2, -0.15) is 0 Å². The molecule has 0 bridgehead atoms. The SMILES string of the molecule is COc1cc(C=O)ccc1OC(=O)c1ccccc1Cl. The second kappa shape index (κ2) is 6.21. The van der Waals surface area contributed by atoms with Gasteiger partial charge in [0.1, 0.15) is 6.29 Å². The highest BCUT2D eigenvalue weighted by atomic mass is 35.5. The Balaban J connectivity index is 2.28. The lowest BCUT2D eigenvalue weighted by atomic mass is 10.2. The molecule has 102 valence electrons. The highest BCUT2D eigenvalue weighted by Gasteiger charge is 2.15. The Morgan fingerprint density at radius 1 is 1.15 bits per heavy atom. The topological polar surface area (TPSA) is 52.6 Å². The summed E-state index contributed by atoms with van der Waals surface area (Å²) in [7, 11) is 1.43. The van der Waals surface area contributed by atoms with Gasteiger partial charge in [-0.15, -0.1) is 0 Å². The van der Waals surface area contributed by atoms with Crippen molar-refractivity contribution in [2.24, 2.45) is 0 Å². The second-order valence-electron chi connectivity index (χ2n) is 3.90. The van der Waals surface area contributed by atoms with E-state index in [9.17, 15) is 9.59 Å². The molecule has 2 aromatic carbocycles. The molecule has 0 aromatic heterocycles. The Labute approximate surface area is 120 Å². The number of ether oxygens (including phenoxy) is 2. The third-order valence-electron chi connectivity index (χ3n) is 2.62. The van der Waals surface area contributed by atoms with Crippen LogP contribution in [0.5, 0.6) is 11.5 Å². The van der Waals surface area contributed by atoms with Gasteiger partial charge in [-0.05, 0) is 30.3 Å². The molecule has 0 aliphatic rings. The fraction of sp³-hybridized carbons (Fsp3) is 0.0667. The van der Waals surface area contributed by atoms with Crippen LogP contribution in [-0.4, -0.2) is 19.4 Å². The molecule has 2 aromatic rings. The Hall–Kier alpha value is -2.33. The van der Waals surface area contributed by atoms with Crippen molar-refractivity contribution in [2.75, 3.05) is 7.11 Å². The van der Waals surface area contributed by atoms with Gasteiger partial charge in [-0.3, -0.25) is 4.79 Å². The van der Waals surface area contributed by atoms with Crippen molar-refractivity contribution < 1.29 is 19.1 Å². The van der Waals surface area contributed by atoms with E-state index in [2.05, 4.69) is 0 Å². The van der Waals surface area contributed by atoms with Crippen molar-refractivity contribution in [3.63, 3.8) is 0 Å². The zero-order valence-electron chi connectivity index (χ0n) is 10.6. The van der Waals surface area contributed by atoms with Gasteiger partial charge in [0.2, 0.25) is 0 Å². The number of hydrogen-bond acceptors (Lipinski definition) is 4. The lowest BCUT2D eigenvalue weighted by molar-refractivity contribution is 0.0730. The standard InChI is InChI=1S/C15H11ClO4/c1-19-14-8-10(9-17)6-7-13(14)20-15(18)11-4-2-3-5-12(11)16/h2-9H,1H3. The van der Waals surface area contributed by atoms with Crippen molar-refractivity contribution in [1.29, 1.82) is 0 Å². The molecular weight excluding hydrogens is 280 g/mol. The molecule has 0 radical (unpaired) electrons. The van der Waals surface area contributed by atoms with Gasteiger partial charge in [0.25, 0.3) is 0 Å². The van der Waals surface area contributed by atoms with Crippen LogP contribution in [0.2, 0.25) is 5.02 Å². The molecule has 5 heteroatoms. The highest BCUT2D eigenvalue weighted by molar-refractivity contribution is 6.33. The number of carbonyl (C=O) groups excluding carboxylic acids is 2. The predicted molar refractivity (Wildman–Crippen MR) is 74.8 cm³/mol. The molecule has 0 aliphatic carbocycles. The predicted octanol–water partition coefficient (Wildman–Crippen LogP) is 3.38. The molecule has 0 spiro atoms. The van der Waals surface area contributed by atoms with Gasteiger partial charge in [0.15, 0.2) is 11.5 Å². The molecule has 2 rings (SSSR count). The second-order valence-corrected chi connectivity index (χ2v) is 4.30. The first-order chi connectivity index (χ1) is 9.65. The quantitative estimate of drug-likeness (QED) is 0.492. The first-order valence-electron chi connectivity index (χ1n) is 5.75. The summed E-state index contributed by atoms with van der Waals surface area (Å²) in [4.78, 5) is 22.7. The summed E-state index contributed by atoms with van der Waals surface area (Å²) in [6.45, 7) is 0. The Bertz CT molecular complexity index is 652. The van der Waals surface area contributed by atoms with Gasteiger partial charge in [-0.1, -0.05) is 23.7 Å². The van der Waals surface area contributed by atoms with E-state index in [0.29, 0.717) is 22.6 Å². The fourth-order valence-corrected chi connectivity index (χ4v) is 1.84. The van der Waals surface area contributed by atoms with Crippen LogP contribution in [-0.2, 0) is 0 Å². The normalized spacial score (nSPS) is 9.90. The first kappa shape index (κ1) is 14.1. The minimum Gasteiger partial charge on any atom is -0.493 e. The number of esters is 1. The van der Waals surface area contributed by atoms with Crippen molar-refractivity contribution in [2.45, 2.75) is 0 Å². The zero-order chi connectivity index (χ0) is 14.5. The van der Waals surface area contributed by atoms with Crippen LogP contribution in [0.15, 0.2) is 42.5 Å². The number of methoxy groups -OCH3 is 1. The van der Waals surface area contributed by atoms with Crippen molar-refractivity contribution in [1.82, 2.24) is 0 Å². The number of benzene rings is 2. The summed E-state index contributed by atoms with van der Waals surface area (Å²) in [5, 5.41) is 0.306. The van der Waals surface area contributed by atoms with E-state index >= 15 is 0 Å². The van der Waals surface area contributed by atoms with E-state index in [1.807, 2.05) is 0 Å².